The van der Waals surface area contributed by atoms with Gasteiger partial charge in [-0.2, -0.15) is 0 Å². The van der Waals surface area contributed by atoms with Crippen LogP contribution in [0, 0.1) is 18.3 Å². The van der Waals surface area contributed by atoms with Gasteiger partial charge in [-0.15, -0.1) is 0 Å². The van der Waals surface area contributed by atoms with Gasteiger partial charge in [0.1, 0.15) is 0 Å². The second kappa shape index (κ2) is 8.46. The van der Waals surface area contributed by atoms with E-state index in [1.165, 1.54) is 34.9 Å². The van der Waals surface area contributed by atoms with Crippen LogP contribution in [0.1, 0.15) is 15.0 Å². The summed E-state index contributed by atoms with van der Waals surface area (Å²) in [4.78, 5) is 7.13. The van der Waals surface area contributed by atoms with Crippen molar-refractivity contribution in [3.05, 3.63) is 93.9 Å². The third-order valence-electron chi connectivity index (χ3n) is 5.45. The number of anilines is 3. The zero-order valence-electron chi connectivity index (χ0n) is 17.6. The van der Waals surface area contributed by atoms with Crippen LogP contribution in [-0.2, 0) is 0 Å². The van der Waals surface area contributed by atoms with E-state index in [4.69, 9.17) is 4.98 Å². The molecule has 6 heteroatoms. The summed E-state index contributed by atoms with van der Waals surface area (Å²) in [6, 6.07) is 30.4. The predicted molar refractivity (Wildman–Crippen MR) is 141 cm³/mol. The Kier molecular flexibility index (Phi) is 5.31. The molecule has 0 atom stereocenters. The summed E-state index contributed by atoms with van der Waals surface area (Å²) in [6.45, 7) is 2.08. The Hall–Kier alpha value is -2.90. The van der Waals surface area contributed by atoms with Gasteiger partial charge in [-0.05, 0) is 0 Å². The van der Waals surface area contributed by atoms with E-state index >= 15 is 0 Å². The number of thiazole rings is 1. The minimum absolute atomic E-state index is 0.0972. The van der Waals surface area contributed by atoms with Gasteiger partial charge in [-0.3, -0.25) is 0 Å². The number of nitrogens with zero attached hydrogens (tertiary/aromatic N) is 3. The van der Waals surface area contributed by atoms with Crippen molar-refractivity contribution in [2.45, 2.75) is 6.92 Å². The summed E-state index contributed by atoms with van der Waals surface area (Å²) in [5, 5.41) is 10.7. The first-order valence-corrected chi connectivity index (χ1v) is 14.7. The molecule has 0 N–H and O–H groups in total. The van der Waals surface area contributed by atoms with Crippen LogP contribution in [0.2, 0.25) is 0 Å². The molecule has 1 aliphatic rings. The number of hydrogen-bond acceptors (Lipinski definition) is 4. The number of aromatic nitrogens is 1. The molecule has 0 spiro atoms. The first-order valence-electron chi connectivity index (χ1n) is 10.4. The second-order valence-electron chi connectivity index (χ2n) is 7.71. The average Bonchev–Trinajstić information content (AvgIpc) is 3.47. The summed E-state index contributed by atoms with van der Waals surface area (Å²) < 4.78 is 6.43. The normalized spacial score (nSPS) is 13.0. The van der Waals surface area contributed by atoms with Crippen molar-refractivity contribution in [3.63, 3.8) is 0 Å². The molecule has 0 unspecified atom stereocenters. The van der Waals surface area contributed by atoms with E-state index < -0.39 is 0 Å². The molecule has 33 heavy (non-hydrogen) atoms. The number of allylic oxidation sites excluding steroid dienone is 1. The molecule has 0 saturated carbocycles. The van der Waals surface area contributed by atoms with Crippen molar-refractivity contribution in [2.24, 2.45) is 0 Å². The third kappa shape index (κ3) is 3.79. The van der Waals surface area contributed by atoms with Crippen molar-refractivity contribution in [2.75, 3.05) is 4.90 Å². The summed E-state index contributed by atoms with van der Waals surface area (Å²) >= 11 is 2.00. The Bertz CT molecular complexity index is 1540. The van der Waals surface area contributed by atoms with Crippen LogP contribution in [0.5, 0.6) is 0 Å². The van der Waals surface area contributed by atoms with Crippen LogP contribution in [0.3, 0.4) is 0 Å². The van der Waals surface area contributed by atoms with Gasteiger partial charge < -0.3 is 0 Å². The average molecular weight is 573 g/mol. The molecule has 0 radical (unpaired) electrons. The zero-order valence-corrected chi connectivity index (χ0v) is 21.9. The van der Waals surface area contributed by atoms with Crippen LogP contribution in [0.15, 0.2) is 78.9 Å². The molecule has 3 heterocycles. The first-order chi connectivity index (χ1) is 16.2. The molecule has 2 aromatic heterocycles. The van der Waals surface area contributed by atoms with Gasteiger partial charge in [-0.25, -0.2) is 0 Å². The Balaban J connectivity index is 1.41. The summed E-state index contributed by atoms with van der Waals surface area (Å²) in [6.07, 6.45) is 2.03. The van der Waals surface area contributed by atoms with Crippen LogP contribution in [-0.4, -0.2) is 34.4 Å². The number of para-hydroxylation sites is 2. The van der Waals surface area contributed by atoms with Crippen LogP contribution < -0.4 is 13.8 Å². The van der Waals surface area contributed by atoms with Gasteiger partial charge in [0.25, 0.3) is 0 Å². The fourth-order valence-corrected chi connectivity index (χ4v) is 9.22. The molecule has 5 aromatic rings. The molecule has 0 saturated heterocycles. The molecular formula is C27H17N3SSe2. The topological polar surface area (TPSA) is 39.9 Å². The van der Waals surface area contributed by atoms with E-state index in [-0.39, 0.29) is 14.5 Å². The van der Waals surface area contributed by atoms with Crippen molar-refractivity contribution >= 4 is 87.5 Å². The number of benzene rings is 3. The number of nitriles is 1. The maximum atomic E-state index is 9.90. The molecule has 158 valence electrons. The predicted octanol–water partition coefficient (Wildman–Crippen LogP) is 5.16. The number of rotatable bonds is 3. The van der Waals surface area contributed by atoms with E-state index in [9.17, 15) is 5.26 Å². The maximum absolute atomic E-state index is 9.90. The third-order valence-corrected chi connectivity index (χ3v) is 11.0. The van der Waals surface area contributed by atoms with Crippen LogP contribution in [0.4, 0.5) is 15.9 Å². The number of fused-ring (bicyclic) bond motifs is 3. The van der Waals surface area contributed by atoms with E-state index in [0.717, 1.165) is 15.2 Å². The van der Waals surface area contributed by atoms with Gasteiger partial charge in [0.2, 0.25) is 0 Å². The molecule has 3 nitrogen and oxygen atoms in total. The molecule has 6 rings (SSSR count). The number of aryl methyl sites for hydroxylation is 1. The molecule has 0 bridgehead atoms. The van der Waals surface area contributed by atoms with Gasteiger partial charge in [0, 0.05) is 0 Å². The fraction of sp³-hybridized carbons (Fsp3) is 0.0370. The molecule has 0 amide bonds. The van der Waals surface area contributed by atoms with Crippen molar-refractivity contribution in [1.29, 1.82) is 5.26 Å². The first kappa shape index (κ1) is 20.7. The van der Waals surface area contributed by atoms with Gasteiger partial charge in [0.15, 0.2) is 0 Å². The molecule has 0 aliphatic carbocycles. The Morgan fingerprint density at radius 2 is 1.70 bits per heavy atom. The molecular weight excluding hydrogens is 556 g/mol. The Morgan fingerprint density at radius 3 is 2.42 bits per heavy atom. The molecule has 0 fully saturated rings. The minimum atomic E-state index is 0.0972. The fourth-order valence-electron chi connectivity index (χ4n) is 3.91. The van der Waals surface area contributed by atoms with Gasteiger partial charge >= 0.3 is 210 Å². The van der Waals surface area contributed by atoms with Crippen molar-refractivity contribution in [3.8, 4) is 6.07 Å². The quantitative estimate of drug-likeness (QED) is 0.217. The second-order valence-corrected chi connectivity index (χ2v) is 13.3. The molecule has 1 aliphatic heterocycles. The zero-order chi connectivity index (χ0) is 22.4. The Morgan fingerprint density at radius 1 is 0.970 bits per heavy atom. The van der Waals surface area contributed by atoms with E-state index in [2.05, 4.69) is 90.7 Å². The Labute approximate surface area is 208 Å². The van der Waals surface area contributed by atoms with Gasteiger partial charge in [-0.1, -0.05) is 0 Å². The van der Waals surface area contributed by atoms with E-state index in [1.54, 1.807) is 11.3 Å². The summed E-state index contributed by atoms with van der Waals surface area (Å²) in [5.74, 6) is 0. The van der Waals surface area contributed by atoms with Crippen LogP contribution >= 0.6 is 11.3 Å². The van der Waals surface area contributed by atoms with Crippen LogP contribution in [0.25, 0.3) is 21.9 Å². The standard InChI is InChI=1S/C27H17N3SSe2/c1-17-10-12-20-23(14-17)31-27(29-20)18(16-28)15-19-11-13-26(32-19)30-21-6-2-4-8-24(21)33-25-9-5-3-7-22(25)30/h2-15H,1H3/b18-15+. The molecule has 3 aromatic carbocycles. The van der Waals surface area contributed by atoms with Crippen molar-refractivity contribution < 1.29 is 0 Å². The summed E-state index contributed by atoms with van der Waals surface area (Å²) in [7, 11) is 0. The monoisotopic (exact) mass is 575 g/mol. The SMILES string of the molecule is Cc1ccc2nc(/C(C#N)=C/c3ccc(N4c5ccccc5[Se]c5ccccc54)[se]3)sc2c1. The van der Waals surface area contributed by atoms with Crippen molar-refractivity contribution in [1.82, 2.24) is 4.98 Å². The number of hydrogen-bond donors (Lipinski definition) is 0. The summed E-state index contributed by atoms with van der Waals surface area (Å²) in [5.41, 5.74) is 5.36. The van der Waals surface area contributed by atoms with E-state index in [1.807, 2.05) is 12.1 Å². The van der Waals surface area contributed by atoms with E-state index in [0.29, 0.717) is 20.5 Å². The van der Waals surface area contributed by atoms with Gasteiger partial charge in [0.05, 0.1) is 0 Å².